The van der Waals surface area contributed by atoms with Crippen LogP contribution in [0.25, 0.3) is 21.8 Å². The van der Waals surface area contributed by atoms with Gasteiger partial charge in [0, 0.05) is 34.9 Å². The van der Waals surface area contributed by atoms with Crippen molar-refractivity contribution in [2.24, 2.45) is 7.05 Å². The molecule has 0 saturated carbocycles. The molecule has 3 aromatic rings. The molecule has 2 aromatic heterocycles. The Morgan fingerprint density at radius 3 is 2.65 bits per heavy atom. The van der Waals surface area contributed by atoms with Gasteiger partial charge in [-0.15, -0.1) is 11.3 Å². The van der Waals surface area contributed by atoms with Gasteiger partial charge in [0.15, 0.2) is 0 Å². The molecule has 2 nitrogen and oxygen atoms in total. The maximum Gasteiger partial charge on any atom is 0.124 e. The second-order valence-corrected chi connectivity index (χ2v) is 5.75. The minimum Gasteiger partial charge on any atom is -0.351 e. The van der Waals surface area contributed by atoms with Crippen LogP contribution in [0.4, 0.5) is 4.39 Å². The number of halogens is 1. The summed E-state index contributed by atoms with van der Waals surface area (Å²) in [7, 11) is 2.05. The Morgan fingerprint density at radius 1 is 1.20 bits per heavy atom. The summed E-state index contributed by atoms with van der Waals surface area (Å²) < 4.78 is 15.4. The van der Waals surface area contributed by atoms with E-state index in [2.05, 4.69) is 29.5 Å². The SMILES string of the molecule is Cc1cc(-c2csc(-c3cccc(F)c3)n2)c(C)n1C. The van der Waals surface area contributed by atoms with Crippen molar-refractivity contribution in [3.8, 4) is 21.8 Å². The van der Waals surface area contributed by atoms with Gasteiger partial charge in [0.1, 0.15) is 10.8 Å². The van der Waals surface area contributed by atoms with Gasteiger partial charge in [0.2, 0.25) is 0 Å². The van der Waals surface area contributed by atoms with E-state index in [-0.39, 0.29) is 5.82 Å². The molecular weight excluding hydrogens is 271 g/mol. The van der Waals surface area contributed by atoms with Gasteiger partial charge in [-0.1, -0.05) is 12.1 Å². The molecule has 0 spiro atoms. The van der Waals surface area contributed by atoms with E-state index in [9.17, 15) is 4.39 Å². The Bertz CT molecular complexity index is 771. The monoisotopic (exact) mass is 286 g/mol. The summed E-state index contributed by atoms with van der Waals surface area (Å²) in [4.78, 5) is 4.65. The number of rotatable bonds is 2. The van der Waals surface area contributed by atoms with Crippen molar-refractivity contribution in [1.82, 2.24) is 9.55 Å². The summed E-state index contributed by atoms with van der Waals surface area (Å²) in [6, 6.07) is 8.70. The van der Waals surface area contributed by atoms with Crippen LogP contribution in [0.5, 0.6) is 0 Å². The van der Waals surface area contributed by atoms with Crippen molar-refractivity contribution in [3.05, 3.63) is 52.9 Å². The van der Waals surface area contributed by atoms with E-state index in [0.717, 1.165) is 21.8 Å². The molecule has 0 unspecified atom stereocenters. The largest absolute Gasteiger partial charge is 0.351 e. The average molecular weight is 286 g/mol. The third-order valence-corrected chi connectivity index (χ3v) is 4.52. The van der Waals surface area contributed by atoms with Crippen molar-refractivity contribution in [2.45, 2.75) is 13.8 Å². The van der Waals surface area contributed by atoms with E-state index in [4.69, 9.17) is 0 Å². The van der Waals surface area contributed by atoms with Gasteiger partial charge in [0.25, 0.3) is 0 Å². The molecule has 1 aromatic carbocycles. The number of hydrogen-bond donors (Lipinski definition) is 0. The summed E-state index contributed by atoms with van der Waals surface area (Å²) in [6.45, 7) is 4.17. The molecule has 0 aliphatic heterocycles. The van der Waals surface area contributed by atoms with E-state index in [0.29, 0.717) is 0 Å². The minimum absolute atomic E-state index is 0.231. The Morgan fingerprint density at radius 2 is 2.00 bits per heavy atom. The number of aromatic nitrogens is 2. The highest BCUT2D eigenvalue weighted by Gasteiger charge is 2.12. The van der Waals surface area contributed by atoms with Gasteiger partial charge < -0.3 is 4.57 Å². The third kappa shape index (κ3) is 2.16. The summed E-state index contributed by atoms with van der Waals surface area (Å²) in [5.41, 5.74) is 5.32. The maximum atomic E-state index is 13.3. The second kappa shape index (κ2) is 4.87. The lowest BCUT2D eigenvalue weighted by molar-refractivity contribution is 0.628. The van der Waals surface area contributed by atoms with Crippen LogP contribution in [0.1, 0.15) is 11.4 Å². The second-order valence-electron chi connectivity index (χ2n) is 4.89. The van der Waals surface area contributed by atoms with Crippen molar-refractivity contribution in [2.75, 3.05) is 0 Å². The molecule has 0 atom stereocenters. The lowest BCUT2D eigenvalue weighted by atomic mass is 10.2. The smallest absolute Gasteiger partial charge is 0.124 e. The maximum absolute atomic E-state index is 13.3. The summed E-state index contributed by atoms with van der Waals surface area (Å²) in [5.74, 6) is -0.231. The van der Waals surface area contributed by atoms with Crippen LogP contribution in [0.3, 0.4) is 0 Å². The van der Waals surface area contributed by atoms with Gasteiger partial charge in [0.05, 0.1) is 5.69 Å². The quantitative estimate of drug-likeness (QED) is 0.674. The normalized spacial score (nSPS) is 11.0. The minimum atomic E-state index is -0.231. The first-order chi connectivity index (χ1) is 9.56. The van der Waals surface area contributed by atoms with Crippen LogP contribution < -0.4 is 0 Å². The van der Waals surface area contributed by atoms with Crippen molar-refractivity contribution >= 4 is 11.3 Å². The fraction of sp³-hybridized carbons (Fsp3) is 0.188. The lowest BCUT2D eigenvalue weighted by Gasteiger charge is -2.00. The zero-order valence-corrected chi connectivity index (χ0v) is 12.5. The lowest BCUT2D eigenvalue weighted by Crippen LogP contribution is -1.92. The number of nitrogens with zero attached hydrogens (tertiary/aromatic N) is 2. The topological polar surface area (TPSA) is 17.8 Å². The summed E-state index contributed by atoms with van der Waals surface area (Å²) in [5, 5.41) is 2.88. The molecule has 3 rings (SSSR count). The van der Waals surface area contributed by atoms with Crippen molar-refractivity contribution in [3.63, 3.8) is 0 Å². The number of aryl methyl sites for hydroxylation is 1. The van der Waals surface area contributed by atoms with Crippen LogP contribution in [-0.2, 0) is 7.05 Å². The number of benzene rings is 1. The van der Waals surface area contributed by atoms with Crippen LogP contribution in [-0.4, -0.2) is 9.55 Å². The fourth-order valence-corrected chi connectivity index (χ4v) is 3.08. The first-order valence-electron chi connectivity index (χ1n) is 6.41. The first kappa shape index (κ1) is 13.1. The Kier molecular flexibility index (Phi) is 3.18. The highest BCUT2D eigenvalue weighted by atomic mass is 32.1. The van der Waals surface area contributed by atoms with Crippen LogP contribution in [0.15, 0.2) is 35.7 Å². The molecular formula is C16H15FN2S. The van der Waals surface area contributed by atoms with E-state index in [1.54, 1.807) is 17.4 Å². The van der Waals surface area contributed by atoms with Crippen LogP contribution >= 0.6 is 11.3 Å². The predicted octanol–water partition coefficient (Wildman–Crippen LogP) is 4.57. The van der Waals surface area contributed by atoms with Crippen LogP contribution in [0.2, 0.25) is 0 Å². The zero-order valence-electron chi connectivity index (χ0n) is 11.6. The zero-order chi connectivity index (χ0) is 14.3. The van der Waals surface area contributed by atoms with E-state index in [1.165, 1.54) is 23.5 Å². The van der Waals surface area contributed by atoms with Gasteiger partial charge in [-0.3, -0.25) is 0 Å². The van der Waals surface area contributed by atoms with Crippen molar-refractivity contribution < 1.29 is 4.39 Å². The highest BCUT2D eigenvalue weighted by Crippen LogP contribution is 2.31. The van der Waals surface area contributed by atoms with Gasteiger partial charge >= 0.3 is 0 Å². The molecule has 0 radical (unpaired) electrons. The number of hydrogen-bond acceptors (Lipinski definition) is 2. The molecule has 0 aliphatic rings. The van der Waals surface area contributed by atoms with Gasteiger partial charge in [-0.05, 0) is 32.0 Å². The third-order valence-electron chi connectivity index (χ3n) is 3.63. The fourth-order valence-electron chi connectivity index (χ4n) is 2.27. The Labute approximate surface area is 121 Å². The Hall–Kier alpha value is -1.94. The molecule has 4 heteroatoms. The Balaban J connectivity index is 2.04. The standard InChI is InChI=1S/C16H15FN2S/c1-10-7-14(11(2)19(10)3)15-9-20-16(18-15)12-5-4-6-13(17)8-12/h4-9H,1-3H3. The summed E-state index contributed by atoms with van der Waals surface area (Å²) >= 11 is 1.54. The molecule has 0 aliphatic carbocycles. The van der Waals surface area contributed by atoms with E-state index in [1.807, 2.05) is 18.5 Å². The van der Waals surface area contributed by atoms with E-state index >= 15 is 0 Å². The molecule has 102 valence electrons. The van der Waals surface area contributed by atoms with Gasteiger partial charge in [-0.2, -0.15) is 0 Å². The first-order valence-corrected chi connectivity index (χ1v) is 7.29. The average Bonchev–Trinajstić information content (AvgIpc) is 3.00. The van der Waals surface area contributed by atoms with Gasteiger partial charge in [-0.25, -0.2) is 9.37 Å². The molecule has 20 heavy (non-hydrogen) atoms. The number of thiazole rings is 1. The molecule has 2 heterocycles. The van der Waals surface area contributed by atoms with Crippen LogP contribution in [0, 0.1) is 19.7 Å². The molecule has 0 amide bonds. The molecule has 0 fully saturated rings. The van der Waals surface area contributed by atoms with E-state index < -0.39 is 0 Å². The van der Waals surface area contributed by atoms with Crippen molar-refractivity contribution in [1.29, 1.82) is 0 Å². The predicted molar refractivity (Wildman–Crippen MR) is 81.4 cm³/mol. The molecule has 0 saturated heterocycles. The highest BCUT2D eigenvalue weighted by molar-refractivity contribution is 7.13. The molecule has 0 N–H and O–H groups in total. The molecule has 0 bridgehead atoms. The summed E-state index contributed by atoms with van der Waals surface area (Å²) in [6.07, 6.45) is 0.